The quantitative estimate of drug-likeness (QED) is 0.761. The van der Waals surface area contributed by atoms with Crippen molar-refractivity contribution in [3.8, 4) is 5.75 Å². The zero-order valence-electron chi connectivity index (χ0n) is 8.89. The van der Waals surface area contributed by atoms with Gasteiger partial charge >= 0.3 is 0 Å². The summed E-state index contributed by atoms with van der Waals surface area (Å²) in [5, 5.41) is 3.11. The molecule has 0 aromatic heterocycles. The SMILES string of the molecule is CC(C)NCCOc1cc(F)ccc1F. The second-order valence-electron chi connectivity index (χ2n) is 3.53. The Balaban J connectivity index is 2.40. The molecular weight excluding hydrogens is 200 g/mol. The average molecular weight is 215 g/mol. The van der Waals surface area contributed by atoms with Crippen LogP contribution in [0.2, 0.25) is 0 Å². The Hall–Kier alpha value is -1.16. The van der Waals surface area contributed by atoms with Gasteiger partial charge in [-0.15, -0.1) is 0 Å². The van der Waals surface area contributed by atoms with Crippen molar-refractivity contribution < 1.29 is 13.5 Å². The third kappa shape index (κ3) is 4.25. The smallest absolute Gasteiger partial charge is 0.165 e. The number of hydrogen-bond acceptors (Lipinski definition) is 2. The minimum atomic E-state index is -0.541. The molecule has 1 N–H and O–H groups in total. The zero-order valence-corrected chi connectivity index (χ0v) is 8.89. The van der Waals surface area contributed by atoms with Crippen molar-refractivity contribution in [3.05, 3.63) is 29.8 Å². The lowest BCUT2D eigenvalue weighted by Crippen LogP contribution is -2.27. The number of ether oxygens (including phenoxy) is 1. The Bertz CT molecular complexity index is 315. The normalized spacial score (nSPS) is 10.7. The molecule has 0 amide bonds. The molecule has 0 aliphatic carbocycles. The fourth-order valence-corrected chi connectivity index (χ4v) is 1.10. The summed E-state index contributed by atoms with van der Waals surface area (Å²) in [5.41, 5.74) is 0. The van der Waals surface area contributed by atoms with E-state index in [9.17, 15) is 8.78 Å². The van der Waals surface area contributed by atoms with Crippen LogP contribution in [0.1, 0.15) is 13.8 Å². The van der Waals surface area contributed by atoms with Gasteiger partial charge in [0, 0.05) is 18.7 Å². The predicted octanol–water partition coefficient (Wildman–Crippen LogP) is 2.34. The van der Waals surface area contributed by atoms with E-state index in [1.165, 1.54) is 0 Å². The van der Waals surface area contributed by atoms with Crippen LogP contribution in [0.3, 0.4) is 0 Å². The molecule has 1 rings (SSSR count). The fraction of sp³-hybridized carbons (Fsp3) is 0.455. The first kappa shape index (κ1) is 11.9. The molecule has 0 aliphatic rings. The second-order valence-corrected chi connectivity index (χ2v) is 3.53. The highest BCUT2D eigenvalue weighted by Gasteiger charge is 2.04. The molecule has 0 bridgehead atoms. The molecule has 0 radical (unpaired) electrons. The Morgan fingerprint density at radius 2 is 2.07 bits per heavy atom. The van der Waals surface area contributed by atoms with E-state index < -0.39 is 11.6 Å². The fourth-order valence-electron chi connectivity index (χ4n) is 1.10. The van der Waals surface area contributed by atoms with Crippen molar-refractivity contribution in [1.82, 2.24) is 5.32 Å². The van der Waals surface area contributed by atoms with Crippen molar-refractivity contribution in [2.45, 2.75) is 19.9 Å². The number of rotatable bonds is 5. The van der Waals surface area contributed by atoms with Gasteiger partial charge in [-0.25, -0.2) is 8.78 Å². The maximum atomic E-state index is 13.0. The lowest BCUT2D eigenvalue weighted by molar-refractivity contribution is 0.293. The lowest BCUT2D eigenvalue weighted by Gasteiger charge is -2.10. The first-order valence-electron chi connectivity index (χ1n) is 4.91. The minimum absolute atomic E-state index is 0.0412. The number of nitrogens with one attached hydrogen (secondary N) is 1. The molecule has 1 aromatic carbocycles. The summed E-state index contributed by atoms with van der Waals surface area (Å²) >= 11 is 0. The van der Waals surface area contributed by atoms with E-state index in [4.69, 9.17) is 4.74 Å². The van der Waals surface area contributed by atoms with E-state index in [-0.39, 0.29) is 5.75 Å². The largest absolute Gasteiger partial charge is 0.489 e. The van der Waals surface area contributed by atoms with Crippen molar-refractivity contribution >= 4 is 0 Å². The molecule has 2 nitrogen and oxygen atoms in total. The first-order valence-corrected chi connectivity index (χ1v) is 4.91. The zero-order chi connectivity index (χ0) is 11.3. The van der Waals surface area contributed by atoms with Gasteiger partial charge in [-0.05, 0) is 12.1 Å². The van der Waals surface area contributed by atoms with Crippen LogP contribution in [-0.2, 0) is 0 Å². The Labute approximate surface area is 88.3 Å². The summed E-state index contributed by atoms with van der Waals surface area (Å²) in [7, 11) is 0. The van der Waals surface area contributed by atoms with Crippen LogP contribution in [0.4, 0.5) is 8.78 Å². The van der Waals surface area contributed by atoms with Crippen molar-refractivity contribution in [1.29, 1.82) is 0 Å². The van der Waals surface area contributed by atoms with Gasteiger partial charge in [0.05, 0.1) is 0 Å². The summed E-state index contributed by atoms with van der Waals surface area (Å²) in [6.07, 6.45) is 0. The van der Waals surface area contributed by atoms with Gasteiger partial charge < -0.3 is 10.1 Å². The van der Waals surface area contributed by atoms with Crippen molar-refractivity contribution in [2.75, 3.05) is 13.2 Å². The van der Waals surface area contributed by atoms with E-state index in [0.29, 0.717) is 19.2 Å². The monoisotopic (exact) mass is 215 g/mol. The van der Waals surface area contributed by atoms with Crippen LogP contribution in [-0.4, -0.2) is 19.2 Å². The molecule has 0 atom stereocenters. The van der Waals surface area contributed by atoms with E-state index in [1.807, 2.05) is 13.8 Å². The summed E-state index contributed by atoms with van der Waals surface area (Å²) < 4.78 is 30.9. The minimum Gasteiger partial charge on any atom is -0.489 e. The molecule has 0 heterocycles. The summed E-state index contributed by atoms with van der Waals surface area (Å²) in [6, 6.07) is 3.52. The van der Waals surface area contributed by atoms with Gasteiger partial charge in [0.25, 0.3) is 0 Å². The van der Waals surface area contributed by atoms with Crippen LogP contribution in [0, 0.1) is 11.6 Å². The molecule has 0 unspecified atom stereocenters. The maximum Gasteiger partial charge on any atom is 0.165 e. The van der Waals surface area contributed by atoms with Crippen LogP contribution in [0.15, 0.2) is 18.2 Å². The lowest BCUT2D eigenvalue weighted by atomic mass is 10.3. The molecule has 0 spiro atoms. The molecule has 0 saturated carbocycles. The molecule has 0 aliphatic heterocycles. The first-order chi connectivity index (χ1) is 7.09. The van der Waals surface area contributed by atoms with Gasteiger partial charge in [0.1, 0.15) is 12.4 Å². The van der Waals surface area contributed by atoms with Crippen molar-refractivity contribution in [3.63, 3.8) is 0 Å². The highest BCUT2D eigenvalue weighted by atomic mass is 19.1. The van der Waals surface area contributed by atoms with Gasteiger partial charge in [-0.1, -0.05) is 13.8 Å². The van der Waals surface area contributed by atoms with Crippen molar-refractivity contribution in [2.24, 2.45) is 0 Å². The average Bonchev–Trinajstić information content (AvgIpc) is 2.17. The summed E-state index contributed by atoms with van der Waals surface area (Å²) in [6.45, 7) is 4.93. The van der Waals surface area contributed by atoms with Crippen LogP contribution >= 0.6 is 0 Å². The third-order valence-electron chi connectivity index (χ3n) is 1.81. The molecular formula is C11H15F2NO. The number of benzene rings is 1. The van der Waals surface area contributed by atoms with E-state index in [0.717, 1.165) is 18.2 Å². The second kappa shape index (κ2) is 5.66. The Morgan fingerprint density at radius 3 is 2.73 bits per heavy atom. The van der Waals surface area contributed by atoms with E-state index >= 15 is 0 Å². The topological polar surface area (TPSA) is 21.3 Å². The van der Waals surface area contributed by atoms with Gasteiger partial charge in [-0.2, -0.15) is 0 Å². The highest BCUT2D eigenvalue weighted by Crippen LogP contribution is 2.17. The Morgan fingerprint density at radius 1 is 1.33 bits per heavy atom. The summed E-state index contributed by atoms with van der Waals surface area (Å²) in [4.78, 5) is 0. The van der Waals surface area contributed by atoms with Gasteiger partial charge in [0.15, 0.2) is 11.6 Å². The highest BCUT2D eigenvalue weighted by molar-refractivity contribution is 5.24. The van der Waals surface area contributed by atoms with Crippen LogP contribution in [0.25, 0.3) is 0 Å². The molecule has 4 heteroatoms. The van der Waals surface area contributed by atoms with E-state index in [2.05, 4.69) is 5.32 Å². The maximum absolute atomic E-state index is 13.0. The van der Waals surface area contributed by atoms with Crippen LogP contribution < -0.4 is 10.1 Å². The van der Waals surface area contributed by atoms with Gasteiger partial charge in [-0.3, -0.25) is 0 Å². The number of hydrogen-bond donors (Lipinski definition) is 1. The molecule has 0 saturated heterocycles. The predicted molar refractivity (Wildman–Crippen MR) is 55.0 cm³/mol. The van der Waals surface area contributed by atoms with Crippen LogP contribution in [0.5, 0.6) is 5.75 Å². The van der Waals surface area contributed by atoms with Gasteiger partial charge in [0.2, 0.25) is 0 Å². The molecule has 0 fully saturated rings. The molecule has 1 aromatic rings. The molecule has 15 heavy (non-hydrogen) atoms. The summed E-state index contributed by atoms with van der Waals surface area (Å²) in [5.74, 6) is -1.08. The molecule has 84 valence electrons. The Kier molecular flexibility index (Phi) is 4.49. The number of halogens is 2. The third-order valence-corrected chi connectivity index (χ3v) is 1.81. The van der Waals surface area contributed by atoms with E-state index in [1.54, 1.807) is 0 Å². The standard InChI is InChI=1S/C11H15F2NO/c1-8(2)14-5-6-15-11-7-9(12)3-4-10(11)13/h3-4,7-8,14H,5-6H2,1-2H3.